The third-order valence-electron chi connectivity index (χ3n) is 4.76. The van der Waals surface area contributed by atoms with Gasteiger partial charge in [0.05, 0.1) is 13.2 Å². The van der Waals surface area contributed by atoms with E-state index in [0.717, 1.165) is 13.1 Å². The lowest BCUT2D eigenvalue weighted by Gasteiger charge is -2.41. The van der Waals surface area contributed by atoms with Gasteiger partial charge in [0.25, 0.3) is 0 Å². The van der Waals surface area contributed by atoms with E-state index in [9.17, 15) is 4.79 Å². The Bertz CT molecular complexity index is 343. The molecule has 0 unspecified atom stereocenters. The molecular weight excluding hydrogens is 238 g/mol. The Hall–Kier alpha value is -0.830. The van der Waals surface area contributed by atoms with Gasteiger partial charge in [0.15, 0.2) is 0 Å². The molecule has 3 heteroatoms. The summed E-state index contributed by atoms with van der Waals surface area (Å²) < 4.78 is 5.28. The normalized spacial score (nSPS) is 31.6. The van der Waals surface area contributed by atoms with Crippen molar-refractivity contribution in [2.75, 3.05) is 26.3 Å². The number of carbonyl (C=O) groups is 1. The summed E-state index contributed by atoms with van der Waals surface area (Å²) in [5, 5.41) is 0. The summed E-state index contributed by atoms with van der Waals surface area (Å²) in [6, 6.07) is 0. The molecule has 2 rings (SSSR count). The van der Waals surface area contributed by atoms with Gasteiger partial charge in [0.1, 0.15) is 0 Å². The predicted octanol–water partition coefficient (Wildman–Crippen LogP) is 2.86. The summed E-state index contributed by atoms with van der Waals surface area (Å²) in [5.41, 5.74) is 0.319. The molecule has 0 radical (unpaired) electrons. The number of allylic oxidation sites excluding steroid dienone is 1. The van der Waals surface area contributed by atoms with Gasteiger partial charge in [-0.1, -0.05) is 39.7 Å². The Balaban J connectivity index is 1.97. The molecule has 0 aromatic heterocycles. The van der Waals surface area contributed by atoms with E-state index < -0.39 is 0 Å². The molecule has 1 saturated carbocycles. The molecule has 1 saturated heterocycles. The summed E-state index contributed by atoms with van der Waals surface area (Å²) in [5.74, 6) is 1.35. The first-order chi connectivity index (χ1) is 9.00. The summed E-state index contributed by atoms with van der Waals surface area (Å²) in [6.07, 6.45) is 7.83. The van der Waals surface area contributed by atoms with Gasteiger partial charge in [-0.15, -0.1) is 0 Å². The predicted molar refractivity (Wildman–Crippen MR) is 76.8 cm³/mol. The van der Waals surface area contributed by atoms with E-state index >= 15 is 0 Å². The van der Waals surface area contributed by atoms with Crippen LogP contribution in [-0.4, -0.2) is 37.1 Å². The van der Waals surface area contributed by atoms with E-state index in [-0.39, 0.29) is 5.91 Å². The second-order valence-corrected chi connectivity index (χ2v) is 6.68. The van der Waals surface area contributed by atoms with Crippen LogP contribution < -0.4 is 0 Å². The molecule has 0 N–H and O–H groups in total. The Morgan fingerprint density at radius 2 is 2.00 bits per heavy atom. The molecule has 0 aromatic carbocycles. The van der Waals surface area contributed by atoms with Crippen LogP contribution in [0.1, 0.15) is 40.0 Å². The highest BCUT2D eigenvalue weighted by molar-refractivity contribution is 5.87. The van der Waals surface area contributed by atoms with Crippen molar-refractivity contribution in [1.29, 1.82) is 0 Å². The van der Waals surface area contributed by atoms with E-state index in [0.29, 0.717) is 30.5 Å². The Labute approximate surface area is 117 Å². The Morgan fingerprint density at radius 1 is 1.32 bits per heavy atom. The smallest absolute Gasteiger partial charge is 0.246 e. The van der Waals surface area contributed by atoms with Crippen molar-refractivity contribution >= 4 is 5.91 Å². The Morgan fingerprint density at radius 3 is 2.63 bits per heavy atom. The molecule has 1 amide bonds. The lowest BCUT2D eigenvalue weighted by Crippen LogP contribution is -2.40. The first-order valence-corrected chi connectivity index (χ1v) is 7.55. The largest absolute Gasteiger partial charge is 0.378 e. The monoisotopic (exact) mass is 265 g/mol. The standard InChI is InChI=1S/C16H27NO2/c1-13-5-4-8-16(2,3)14(13)6-7-15(18)17-9-11-19-12-10-17/h6-7,13-14H,4-5,8-12H2,1-3H3/b7-6+/t13-,14+/m0/s1. The average molecular weight is 265 g/mol. The summed E-state index contributed by atoms with van der Waals surface area (Å²) >= 11 is 0. The van der Waals surface area contributed by atoms with Crippen LogP contribution >= 0.6 is 0 Å². The van der Waals surface area contributed by atoms with Crippen molar-refractivity contribution in [3.8, 4) is 0 Å². The van der Waals surface area contributed by atoms with Crippen molar-refractivity contribution in [2.45, 2.75) is 40.0 Å². The number of nitrogens with zero attached hydrogens (tertiary/aromatic N) is 1. The SMILES string of the molecule is C[C@H]1CCCC(C)(C)[C@@H]1/C=C/C(=O)N1CCOCC1. The zero-order valence-corrected chi connectivity index (χ0v) is 12.5. The number of rotatable bonds is 2. The number of hydrogen-bond acceptors (Lipinski definition) is 2. The van der Waals surface area contributed by atoms with Gasteiger partial charge in [-0.05, 0) is 29.7 Å². The first-order valence-electron chi connectivity index (χ1n) is 7.55. The van der Waals surface area contributed by atoms with E-state index in [4.69, 9.17) is 4.74 Å². The zero-order valence-electron chi connectivity index (χ0n) is 12.5. The molecule has 2 atom stereocenters. The molecular formula is C16H27NO2. The van der Waals surface area contributed by atoms with Crippen LogP contribution in [0.5, 0.6) is 0 Å². The van der Waals surface area contributed by atoms with E-state index in [1.807, 2.05) is 4.90 Å². The van der Waals surface area contributed by atoms with Gasteiger partial charge in [-0.2, -0.15) is 0 Å². The molecule has 108 valence electrons. The van der Waals surface area contributed by atoms with Crippen LogP contribution in [0.2, 0.25) is 0 Å². The molecule has 0 aromatic rings. The average Bonchev–Trinajstić information content (AvgIpc) is 2.38. The van der Waals surface area contributed by atoms with E-state index in [2.05, 4.69) is 26.8 Å². The highest BCUT2D eigenvalue weighted by Gasteiger charge is 2.35. The number of hydrogen-bond donors (Lipinski definition) is 0. The van der Waals surface area contributed by atoms with Crippen LogP contribution in [0.4, 0.5) is 0 Å². The number of ether oxygens (including phenoxy) is 1. The molecule has 2 aliphatic rings. The minimum atomic E-state index is 0.150. The molecule has 2 fully saturated rings. The van der Waals surface area contributed by atoms with Crippen LogP contribution in [0, 0.1) is 17.3 Å². The molecule has 0 spiro atoms. The van der Waals surface area contributed by atoms with Crippen LogP contribution in [0.15, 0.2) is 12.2 Å². The fourth-order valence-electron chi connectivity index (χ4n) is 3.52. The topological polar surface area (TPSA) is 29.5 Å². The maximum Gasteiger partial charge on any atom is 0.246 e. The number of amides is 1. The van der Waals surface area contributed by atoms with E-state index in [1.54, 1.807) is 6.08 Å². The van der Waals surface area contributed by atoms with Crippen molar-refractivity contribution in [3.05, 3.63) is 12.2 Å². The maximum atomic E-state index is 12.1. The fourth-order valence-corrected chi connectivity index (χ4v) is 3.52. The highest BCUT2D eigenvalue weighted by atomic mass is 16.5. The van der Waals surface area contributed by atoms with Crippen molar-refractivity contribution in [3.63, 3.8) is 0 Å². The quantitative estimate of drug-likeness (QED) is 0.719. The summed E-state index contributed by atoms with van der Waals surface area (Å²) in [7, 11) is 0. The van der Waals surface area contributed by atoms with Crippen molar-refractivity contribution < 1.29 is 9.53 Å². The molecule has 1 heterocycles. The van der Waals surface area contributed by atoms with Crippen LogP contribution in [0.3, 0.4) is 0 Å². The first kappa shape index (κ1) is 14.6. The van der Waals surface area contributed by atoms with Crippen molar-refractivity contribution in [2.24, 2.45) is 17.3 Å². The van der Waals surface area contributed by atoms with Gasteiger partial charge in [-0.25, -0.2) is 0 Å². The minimum Gasteiger partial charge on any atom is -0.378 e. The fraction of sp³-hybridized carbons (Fsp3) is 0.812. The number of carbonyl (C=O) groups excluding carboxylic acids is 1. The summed E-state index contributed by atoms with van der Waals surface area (Å²) in [6.45, 7) is 9.78. The van der Waals surface area contributed by atoms with Gasteiger partial charge in [0.2, 0.25) is 5.91 Å². The van der Waals surface area contributed by atoms with Gasteiger partial charge in [0, 0.05) is 13.1 Å². The van der Waals surface area contributed by atoms with Crippen LogP contribution in [-0.2, 0) is 9.53 Å². The van der Waals surface area contributed by atoms with Crippen LogP contribution in [0.25, 0.3) is 0 Å². The van der Waals surface area contributed by atoms with Crippen molar-refractivity contribution in [1.82, 2.24) is 4.90 Å². The lowest BCUT2D eigenvalue weighted by molar-refractivity contribution is -0.130. The second-order valence-electron chi connectivity index (χ2n) is 6.68. The minimum absolute atomic E-state index is 0.150. The molecule has 19 heavy (non-hydrogen) atoms. The summed E-state index contributed by atoms with van der Waals surface area (Å²) in [4.78, 5) is 14.0. The molecule has 1 aliphatic carbocycles. The molecule has 1 aliphatic heterocycles. The lowest BCUT2D eigenvalue weighted by atomic mass is 9.64. The molecule has 0 bridgehead atoms. The maximum absolute atomic E-state index is 12.1. The van der Waals surface area contributed by atoms with Gasteiger partial charge >= 0.3 is 0 Å². The second kappa shape index (κ2) is 6.08. The Kier molecular flexibility index (Phi) is 4.67. The zero-order chi connectivity index (χ0) is 13.9. The third kappa shape index (κ3) is 3.59. The van der Waals surface area contributed by atoms with Gasteiger partial charge in [-0.3, -0.25) is 4.79 Å². The number of morpholine rings is 1. The molecule has 3 nitrogen and oxygen atoms in total. The van der Waals surface area contributed by atoms with E-state index in [1.165, 1.54) is 19.3 Å². The highest BCUT2D eigenvalue weighted by Crippen LogP contribution is 2.44. The third-order valence-corrected chi connectivity index (χ3v) is 4.76. The van der Waals surface area contributed by atoms with Gasteiger partial charge < -0.3 is 9.64 Å².